The molecule has 0 aromatic carbocycles. The molecule has 7 nitrogen and oxygen atoms in total. The Bertz CT molecular complexity index is 600. The van der Waals surface area contributed by atoms with E-state index in [2.05, 4.69) is 51.8 Å². The quantitative estimate of drug-likeness (QED) is 0.296. The molecule has 1 aliphatic heterocycles. The lowest BCUT2D eigenvalue weighted by Crippen LogP contribution is -2.43. The first-order valence-corrected chi connectivity index (χ1v) is 12.8. The predicted octanol–water partition coefficient (Wildman–Crippen LogP) is 4.51. The van der Waals surface area contributed by atoms with Crippen molar-refractivity contribution in [1.82, 2.24) is 15.1 Å². The van der Waals surface area contributed by atoms with Crippen LogP contribution in [0.2, 0.25) is 0 Å². The van der Waals surface area contributed by atoms with Crippen LogP contribution in [0.1, 0.15) is 82.1 Å². The van der Waals surface area contributed by atoms with E-state index in [0.717, 1.165) is 17.9 Å². The van der Waals surface area contributed by atoms with Crippen LogP contribution in [-0.4, -0.2) is 73.5 Å². The predicted molar refractivity (Wildman–Crippen MR) is 141 cm³/mol. The number of nitrogens with zero attached hydrogens (tertiary/aromatic N) is 2. The van der Waals surface area contributed by atoms with E-state index in [1.54, 1.807) is 27.0 Å². The van der Waals surface area contributed by atoms with Gasteiger partial charge in [-0.05, 0) is 64.8 Å². The topological polar surface area (TPSA) is 79.0 Å². The number of carbonyl (C=O) groups excluding carboxylic acids is 3. The fraction of sp³-hybridized carbons (Fsp3) is 0.815. The van der Waals surface area contributed by atoms with E-state index < -0.39 is 0 Å². The molecule has 1 rings (SSSR count). The Morgan fingerprint density at radius 3 is 2.09 bits per heavy atom. The summed E-state index contributed by atoms with van der Waals surface area (Å²) >= 11 is 0. The van der Waals surface area contributed by atoms with Crippen LogP contribution in [0.15, 0.2) is 11.6 Å². The maximum Gasteiger partial charge on any atom is 0.333 e. The molecular formula is C27H53N3O4. The van der Waals surface area contributed by atoms with Crippen molar-refractivity contribution < 1.29 is 19.1 Å². The Balaban J connectivity index is 0. The third-order valence-electron chi connectivity index (χ3n) is 5.30. The maximum absolute atomic E-state index is 11.9. The molecule has 1 saturated heterocycles. The second kappa shape index (κ2) is 19.4. The molecule has 2 atom stereocenters. The first-order chi connectivity index (χ1) is 15.8. The number of likely N-dealkylation sites (tertiary alicyclic amines) is 1. The molecule has 1 fully saturated rings. The zero-order valence-electron chi connectivity index (χ0n) is 23.8. The van der Waals surface area contributed by atoms with Crippen molar-refractivity contribution in [2.45, 2.75) is 94.2 Å². The Labute approximate surface area is 209 Å². The zero-order valence-corrected chi connectivity index (χ0v) is 23.8. The molecule has 0 spiro atoms. The van der Waals surface area contributed by atoms with Crippen LogP contribution in [0.3, 0.4) is 0 Å². The summed E-state index contributed by atoms with van der Waals surface area (Å²) in [7, 11) is 1.65. The van der Waals surface area contributed by atoms with Crippen molar-refractivity contribution >= 4 is 18.3 Å². The fourth-order valence-corrected chi connectivity index (χ4v) is 3.44. The minimum atomic E-state index is -0.384. The molecule has 2 amide bonds. The van der Waals surface area contributed by atoms with Crippen LogP contribution in [-0.2, 0) is 19.1 Å². The summed E-state index contributed by atoms with van der Waals surface area (Å²) in [5.74, 6) is 1.29. The Morgan fingerprint density at radius 2 is 1.71 bits per heavy atom. The summed E-state index contributed by atoms with van der Waals surface area (Å²) in [6.45, 7) is 23.6. The van der Waals surface area contributed by atoms with Gasteiger partial charge in [0.1, 0.15) is 0 Å². The number of amides is 2. The zero-order chi connectivity index (χ0) is 26.8. The molecule has 1 heterocycles. The van der Waals surface area contributed by atoms with Crippen LogP contribution < -0.4 is 5.32 Å². The average molecular weight is 484 g/mol. The standard InChI is InChI=1S/C14H24N2O4.C9H19N.C4H10/c1-6-20-14(19)11(4)7-12(10(2)3)16(5)13(18)8-15-9-17;1-8(2)10-6-4-5-9(3)7-10;1-4(2)3/h7,9-10,12H,6,8H2,1-5H3,(H,15,17);8-9H,4-7H2,1-3H3;4H,1-3H3/b11-7+;;/t12-;9-;/m10./s1. The van der Waals surface area contributed by atoms with Crippen molar-refractivity contribution in [3.8, 4) is 0 Å². The third-order valence-corrected chi connectivity index (χ3v) is 5.30. The van der Waals surface area contributed by atoms with E-state index in [0.29, 0.717) is 18.6 Å². The molecule has 0 saturated carbocycles. The van der Waals surface area contributed by atoms with Gasteiger partial charge in [0.25, 0.3) is 0 Å². The molecule has 0 aromatic rings. The number of likely N-dealkylation sites (N-methyl/N-ethyl adjacent to an activating group) is 1. The van der Waals surface area contributed by atoms with Crippen LogP contribution in [0, 0.1) is 17.8 Å². The molecular weight excluding hydrogens is 430 g/mol. The average Bonchev–Trinajstić information content (AvgIpc) is 2.75. The van der Waals surface area contributed by atoms with E-state index in [9.17, 15) is 14.4 Å². The van der Waals surface area contributed by atoms with Gasteiger partial charge in [0.05, 0.1) is 19.2 Å². The second-order valence-corrected chi connectivity index (χ2v) is 10.4. The molecule has 0 aliphatic carbocycles. The molecule has 1 N–H and O–H groups in total. The van der Waals surface area contributed by atoms with Crippen LogP contribution >= 0.6 is 0 Å². The minimum absolute atomic E-state index is 0.0600. The number of esters is 1. The normalized spacial score (nSPS) is 17.2. The molecule has 34 heavy (non-hydrogen) atoms. The number of piperidine rings is 1. The summed E-state index contributed by atoms with van der Waals surface area (Å²) in [5, 5.41) is 2.34. The van der Waals surface area contributed by atoms with Gasteiger partial charge in [-0.2, -0.15) is 0 Å². The van der Waals surface area contributed by atoms with Crippen molar-refractivity contribution in [3.63, 3.8) is 0 Å². The summed E-state index contributed by atoms with van der Waals surface area (Å²) in [5.41, 5.74) is 0.466. The minimum Gasteiger partial charge on any atom is -0.463 e. The number of rotatable bonds is 9. The number of hydrogen-bond acceptors (Lipinski definition) is 5. The van der Waals surface area contributed by atoms with E-state index in [1.807, 2.05) is 13.8 Å². The van der Waals surface area contributed by atoms with Crippen LogP contribution in [0.4, 0.5) is 0 Å². The Hall–Kier alpha value is -1.89. The highest BCUT2D eigenvalue weighted by molar-refractivity contribution is 5.88. The first kappa shape index (κ1) is 34.3. The monoisotopic (exact) mass is 483 g/mol. The van der Waals surface area contributed by atoms with Crippen LogP contribution in [0.5, 0.6) is 0 Å². The highest BCUT2D eigenvalue weighted by Crippen LogP contribution is 2.17. The lowest BCUT2D eigenvalue weighted by molar-refractivity contribution is -0.138. The van der Waals surface area contributed by atoms with Crippen molar-refractivity contribution in [3.05, 3.63) is 11.6 Å². The SMILES string of the molecule is CC(C)C.CC(C)N1CCC[C@H](C)C1.CCOC(=O)/C(C)=C/[C@H](C(C)C)N(C)C(=O)CNC=O. The summed E-state index contributed by atoms with van der Waals surface area (Å²) < 4.78 is 4.92. The summed E-state index contributed by atoms with van der Waals surface area (Å²) in [6, 6.07) is 0.517. The number of nitrogens with one attached hydrogen (secondary N) is 1. The van der Waals surface area contributed by atoms with Gasteiger partial charge in [0.2, 0.25) is 12.3 Å². The lowest BCUT2D eigenvalue weighted by Gasteiger charge is -2.33. The highest BCUT2D eigenvalue weighted by Gasteiger charge is 2.22. The Morgan fingerprint density at radius 1 is 1.15 bits per heavy atom. The van der Waals surface area contributed by atoms with Gasteiger partial charge in [0.15, 0.2) is 0 Å². The van der Waals surface area contributed by atoms with E-state index >= 15 is 0 Å². The first-order valence-electron chi connectivity index (χ1n) is 12.8. The van der Waals surface area contributed by atoms with Gasteiger partial charge in [0, 0.05) is 25.2 Å². The van der Waals surface area contributed by atoms with E-state index in [-0.39, 0.29) is 30.4 Å². The number of hydrogen-bond donors (Lipinski definition) is 1. The fourth-order valence-electron chi connectivity index (χ4n) is 3.44. The molecule has 200 valence electrons. The van der Waals surface area contributed by atoms with Gasteiger partial charge < -0.3 is 19.9 Å². The van der Waals surface area contributed by atoms with Gasteiger partial charge in [-0.1, -0.05) is 47.6 Å². The van der Waals surface area contributed by atoms with E-state index in [4.69, 9.17) is 4.74 Å². The molecule has 0 aromatic heterocycles. The molecule has 0 bridgehead atoms. The summed E-state index contributed by atoms with van der Waals surface area (Å²) in [4.78, 5) is 37.8. The smallest absolute Gasteiger partial charge is 0.333 e. The molecule has 1 aliphatic rings. The second-order valence-electron chi connectivity index (χ2n) is 10.4. The number of ether oxygens (including phenoxy) is 1. The van der Waals surface area contributed by atoms with Crippen molar-refractivity contribution in [2.75, 3.05) is 33.3 Å². The Kier molecular flexibility index (Phi) is 19.6. The number of carbonyl (C=O) groups is 3. The lowest BCUT2D eigenvalue weighted by atomic mass is 9.99. The van der Waals surface area contributed by atoms with Gasteiger partial charge in [-0.15, -0.1) is 0 Å². The highest BCUT2D eigenvalue weighted by atomic mass is 16.5. The molecule has 0 unspecified atom stereocenters. The van der Waals surface area contributed by atoms with Crippen molar-refractivity contribution in [1.29, 1.82) is 0 Å². The third kappa shape index (κ3) is 16.7. The molecule has 7 heteroatoms. The van der Waals surface area contributed by atoms with Gasteiger partial charge in [-0.25, -0.2) is 4.79 Å². The maximum atomic E-state index is 11.9. The molecule has 0 radical (unpaired) electrons. The summed E-state index contributed by atoms with van der Waals surface area (Å²) in [6.07, 6.45) is 5.04. The van der Waals surface area contributed by atoms with Crippen LogP contribution in [0.25, 0.3) is 0 Å². The van der Waals surface area contributed by atoms with Gasteiger partial charge in [-0.3, -0.25) is 9.59 Å². The van der Waals surface area contributed by atoms with E-state index in [1.165, 1.54) is 30.8 Å². The van der Waals surface area contributed by atoms with Gasteiger partial charge >= 0.3 is 5.97 Å². The van der Waals surface area contributed by atoms with Crippen molar-refractivity contribution in [2.24, 2.45) is 17.8 Å². The largest absolute Gasteiger partial charge is 0.463 e.